The highest BCUT2D eigenvalue weighted by atomic mass is 16.5. The van der Waals surface area contributed by atoms with Gasteiger partial charge in [-0.2, -0.15) is 5.10 Å². The molecule has 3 amide bonds. The predicted molar refractivity (Wildman–Crippen MR) is 147 cm³/mol. The van der Waals surface area contributed by atoms with E-state index in [-0.39, 0.29) is 11.3 Å². The Bertz CT molecular complexity index is 1450. The third kappa shape index (κ3) is 7.38. The number of aryl methyl sites for hydroxylation is 1. The van der Waals surface area contributed by atoms with Crippen LogP contribution in [0.15, 0.2) is 108 Å². The van der Waals surface area contributed by atoms with Gasteiger partial charge in [0.05, 0.1) is 17.5 Å². The minimum atomic E-state index is -0.974. The number of rotatable bonds is 8. The summed E-state index contributed by atoms with van der Waals surface area (Å²) in [6.45, 7) is 2.37. The smallest absolute Gasteiger partial charge is 0.329 e. The summed E-state index contributed by atoms with van der Waals surface area (Å²) in [5, 5.41) is 9.10. The molecule has 0 bridgehead atoms. The van der Waals surface area contributed by atoms with Gasteiger partial charge in [0.15, 0.2) is 0 Å². The maximum absolute atomic E-state index is 12.8. The largest absolute Gasteiger partial charge is 0.489 e. The lowest BCUT2D eigenvalue weighted by molar-refractivity contribution is -0.136. The van der Waals surface area contributed by atoms with E-state index >= 15 is 0 Å². The molecule has 0 aliphatic heterocycles. The lowest BCUT2D eigenvalue weighted by Gasteiger charge is -2.11. The zero-order chi connectivity index (χ0) is 26.7. The molecule has 38 heavy (non-hydrogen) atoms. The SMILES string of the molecule is Cc1cccc(NC(=O)c2ccccc2NC(=O)C(=O)N/N=C/c2ccc(OCc3ccccc3)cc2)c1. The molecule has 0 saturated carbocycles. The first kappa shape index (κ1) is 25.8. The molecule has 0 aliphatic carbocycles. The number of ether oxygens (including phenoxy) is 1. The third-order valence-corrected chi connectivity index (χ3v) is 5.41. The minimum Gasteiger partial charge on any atom is -0.489 e. The Kier molecular flexibility index (Phi) is 8.60. The van der Waals surface area contributed by atoms with Crippen molar-refractivity contribution in [1.82, 2.24) is 5.43 Å². The second-order valence-electron chi connectivity index (χ2n) is 8.37. The molecule has 0 saturated heterocycles. The second-order valence-corrected chi connectivity index (χ2v) is 8.37. The molecule has 8 nitrogen and oxygen atoms in total. The molecule has 0 atom stereocenters. The van der Waals surface area contributed by atoms with Crippen LogP contribution in [-0.2, 0) is 16.2 Å². The number of hydrogen-bond donors (Lipinski definition) is 3. The zero-order valence-electron chi connectivity index (χ0n) is 20.7. The van der Waals surface area contributed by atoms with Crippen molar-refractivity contribution in [3.8, 4) is 5.75 Å². The summed E-state index contributed by atoms with van der Waals surface area (Å²) in [5.74, 6) is -1.65. The zero-order valence-corrected chi connectivity index (χ0v) is 20.7. The van der Waals surface area contributed by atoms with Crippen LogP contribution >= 0.6 is 0 Å². The maximum atomic E-state index is 12.8. The molecule has 0 fully saturated rings. The fourth-order valence-corrected chi connectivity index (χ4v) is 3.50. The van der Waals surface area contributed by atoms with Gasteiger partial charge < -0.3 is 15.4 Å². The van der Waals surface area contributed by atoms with Crippen LogP contribution in [0.4, 0.5) is 11.4 Å². The number of hydrogen-bond acceptors (Lipinski definition) is 5. The summed E-state index contributed by atoms with van der Waals surface area (Å²) in [5.41, 5.74) is 6.00. The molecule has 190 valence electrons. The summed E-state index contributed by atoms with van der Waals surface area (Å²) >= 11 is 0. The number of carbonyl (C=O) groups is 3. The number of para-hydroxylation sites is 1. The fraction of sp³-hybridized carbons (Fsp3) is 0.0667. The number of nitrogens with zero attached hydrogens (tertiary/aromatic N) is 1. The lowest BCUT2D eigenvalue weighted by atomic mass is 10.1. The number of anilines is 2. The van der Waals surface area contributed by atoms with Crippen LogP contribution in [0.25, 0.3) is 0 Å². The topological polar surface area (TPSA) is 109 Å². The van der Waals surface area contributed by atoms with Gasteiger partial charge in [-0.15, -0.1) is 0 Å². The van der Waals surface area contributed by atoms with Crippen molar-refractivity contribution in [3.63, 3.8) is 0 Å². The second kappa shape index (κ2) is 12.6. The monoisotopic (exact) mass is 506 g/mol. The van der Waals surface area contributed by atoms with Crippen LogP contribution in [-0.4, -0.2) is 23.9 Å². The van der Waals surface area contributed by atoms with E-state index in [1.54, 1.807) is 54.6 Å². The van der Waals surface area contributed by atoms with E-state index in [4.69, 9.17) is 4.74 Å². The summed E-state index contributed by atoms with van der Waals surface area (Å²) in [6.07, 6.45) is 1.41. The molecule has 8 heteroatoms. The van der Waals surface area contributed by atoms with Gasteiger partial charge in [0, 0.05) is 5.69 Å². The van der Waals surface area contributed by atoms with Gasteiger partial charge in [-0.1, -0.05) is 54.6 Å². The Morgan fingerprint density at radius 3 is 2.29 bits per heavy atom. The number of carbonyl (C=O) groups excluding carboxylic acids is 3. The van der Waals surface area contributed by atoms with E-state index in [0.29, 0.717) is 23.6 Å². The predicted octanol–water partition coefficient (Wildman–Crippen LogP) is 4.92. The van der Waals surface area contributed by atoms with Crippen molar-refractivity contribution in [3.05, 3.63) is 125 Å². The first-order valence-corrected chi connectivity index (χ1v) is 11.9. The third-order valence-electron chi connectivity index (χ3n) is 5.41. The van der Waals surface area contributed by atoms with Crippen molar-refractivity contribution < 1.29 is 19.1 Å². The van der Waals surface area contributed by atoms with Gasteiger partial charge in [-0.25, -0.2) is 5.43 Å². The summed E-state index contributed by atoms with van der Waals surface area (Å²) in [7, 11) is 0. The first-order chi connectivity index (χ1) is 18.5. The molecule has 4 aromatic rings. The number of nitrogens with one attached hydrogen (secondary N) is 3. The van der Waals surface area contributed by atoms with Crippen LogP contribution in [0, 0.1) is 6.92 Å². The van der Waals surface area contributed by atoms with Crippen molar-refractivity contribution in [2.45, 2.75) is 13.5 Å². The molecule has 0 radical (unpaired) electrons. The van der Waals surface area contributed by atoms with Crippen LogP contribution < -0.4 is 20.8 Å². The number of amides is 3. The van der Waals surface area contributed by atoms with E-state index in [2.05, 4.69) is 21.2 Å². The molecule has 0 aliphatic rings. The van der Waals surface area contributed by atoms with Crippen LogP contribution in [0.2, 0.25) is 0 Å². The van der Waals surface area contributed by atoms with Crippen LogP contribution in [0.1, 0.15) is 27.0 Å². The summed E-state index contributed by atoms with van der Waals surface area (Å²) < 4.78 is 5.75. The molecular formula is C30H26N4O4. The number of benzene rings is 4. The van der Waals surface area contributed by atoms with Gasteiger partial charge in [-0.05, 0) is 72.1 Å². The molecule has 3 N–H and O–H groups in total. The Labute approximate surface area is 220 Å². The van der Waals surface area contributed by atoms with Gasteiger partial charge >= 0.3 is 11.8 Å². The van der Waals surface area contributed by atoms with Crippen LogP contribution in [0.3, 0.4) is 0 Å². The van der Waals surface area contributed by atoms with E-state index < -0.39 is 17.7 Å². The summed E-state index contributed by atoms with van der Waals surface area (Å²) in [4.78, 5) is 37.5. The maximum Gasteiger partial charge on any atom is 0.329 e. The molecule has 0 aromatic heterocycles. The average molecular weight is 507 g/mol. The number of hydrazone groups is 1. The van der Waals surface area contributed by atoms with Crippen molar-refractivity contribution >= 4 is 35.3 Å². The highest BCUT2D eigenvalue weighted by Gasteiger charge is 2.17. The van der Waals surface area contributed by atoms with E-state index in [1.807, 2.05) is 55.5 Å². The quantitative estimate of drug-likeness (QED) is 0.179. The molecular weight excluding hydrogens is 480 g/mol. The highest BCUT2D eigenvalue weighted by Crippen LogP contribution is 2.18. The van der Waals surface area contributed by atoms with Crippen molar-refractivity contribution in [2.24, 2.45) is 5.10 Å². The Morgan fingerprint density at radius 2 is 1.53 bits per heavy atom. The van der Waals surface area contributed by atoms with Crippen molar-refractivity contribution in [2.75, 3.05) is 10.6 Å². The summed E-state index contributed by atoms with van der Waals surface area (Å²) in [6, 6.07) is 30.7. The highest BCUT2D eigenvalue weighted by molar-refractivity contribution is 6.40. The molecule has 0 unspecified atom stereocenters. The standard InChI is InChI=1S/C30H26N4O4/c1-21-8-7-11-24(18-21)32-28(35)26-12-5-6-13-27(26)33-29(36)30(37)34-31-19-22-14-16-25(17-15-22)38-20-23-9-3-2-4-10-23/h2-19H,20H2,1H3,(H,32,35)(H,33,36)(H,34,37)/b31-19+. The van der Waals surface area contributed by atoms with Gasteiger partial charge in [-0.3, -0.25) is 14.4 Å². The Balaban J connectivity index is 1.29. The molecule has 0 heterocycles. The van der Waals surface area contributed by atoms with E-state index in [0.717, 1.165) is 11.1 Å². The lowest BCUT2D eigenvalue weighted by Crippen LogP contribution is -2.33. The van der Waals surface area contributed by atoms with Crippen molar-refractivity contribution in [1.29, 1.82) is 0 Å². The minimum absolute atomic E-state index is 0.202. The normalized spacial score (nSPS) is 10.6. The molecule has 4 aromatic carbocycles. The molecule has 4 rings (SSSR count). The van der Waals surface area contributed by atoms with Gasteiger partial charge in [0.2, 0.25) is 0 Å². The van der Waals surface area contributed by atoms with Gasteiger partial charge in [0.1, 0.15) is 12.4 Å². The molecule has 0 spiro atoms. The van der Waals surface area contributed by atoms with E-state index in [9.17, 15) is 14.4 Å². The van der Waals surface area contributed by atoms with Gasteiger partial charge in [0.25, 0.3) is 5.91 Å². The first-order valence-electron chi connectivity index (χ1n) is 11.9. The average Bonchev–Trinajstić information content (AvgIpc) is 2.93. The van der Waals surface area contributed by atoms with E-state index in [1.165, 1.54) is 6.21 Å². The Morgan fingerprint density at radius 1 is 0.789 bits per heavy atom. The Hall–Kier alpha value is -5.24. The fourth-order valence-electron chi connectivity index (χ4n) is 3.50. The van der Waals surface area contributed by atoms with Crippen LogP contribution in [0.5, 0.6) is 5.75 Å².